The summed E-state index contributed by atoms with van der Waals surface area (Å²) in [6.45, 7) is 0. The summed E-state index contributed by atoms with van der Waals surface area (Å²) in [7, 11) is 1.61. The first-order valence-corrected chi connectivity index (χ1v) is 11.5. The number of methoxy groups -OCH3 is 1. The van der Waals surface area contributed by atoms with Gasteiger partial charge in [-0.2, -0.15) is 5.10 Å². The molecule has 0 radical (unpaired) electrons. The first-order valence-electron chi connectivity index (χ1n) is 10.5. The van der Waals surface area contributed by atoms with Gasteiger partial charge in [0.15, 0.2) is 11.0 Å². The Kier molecular flexibility index (Phi) is 7.53. The Hall–Kier alpha value is -4.44. The molecule has 1 heterocycles. The van der Waals surface area contributed by atoms with Gasteiger partial charge in [-0.15, -0.1) is 10.2 Å². The van der Waals surface area contributed by atoms with Crippen LogP contribution in [0.15, 0.2) is 89.1 Å². The van der Waals surface area contributed by atoms with Crippen molar-refractivity contribution in [2.45, 2.75) is 5.16 Å². The van der Waals surface area contributed by atoms with Gasteiger partial charge >= 0.3 is 5.97 Å². The molecule has 2 N–H and O–H groups in total. The van der Waals surface area contributed by atoms with Gasteiger partial charge in [0.25, 0.3) is 5.91 Å². The van der Waals surface area contributed by atoms with Crippen LogP contribution in [0.4, 0.5) is 0 Å². The molecule has 0 aliphatic carbocycles. The Balaban J connectivity index is 1.47. The summed E-state index contributed by atoms with van der Waals surface area (Å²) in [5.41, 5.74) is 5.04. The van der Waals surface area contributed by atoms with E-state index in [4.69, 9.17) is 9.84 Å². The summed E-state index contributed by atoms with van der Waals surface area (Å²) in [6, 6.07) is 23.3. The molecule has 0 saturated heterocycles. The van der Waals surface area contributed by atoms with Gasteiger partial charge in [-0.1, -0.05) is 54.2 Å². The highest BCUT2D eigenvalue weighted by atomic mass is 32.2. The molecule has 0 fully saturated rings. The number of benzene rings is 3. The molecule has 4 aromatic rings. The maximum Gasteiger partial charge on any atom is 0.335 e. The molecule has 0 saturated carbocycles. The number of carbonyl (C=O) groups is 2. The number of rotatable bonds is 9. The first kappa shape index (κ1) is 23.7. The molecular weight excluding hydrogens is 466 g/mol. The second-order valence-corrected chi connectivity index (χ2v) is 8.16. The summed E-state index contributed by atoms with van der Waals surface area (Å²) in [5, 5.41) is 22.1. The van der Waals surface area contributed by atoms with E-state index in [1.165, 1.54) is 30.1 Å². The average Bonchev–Trinajstić information content (AvgIpc) is 3.32. The van der Waals surface area contributed by atoms with Crippen molar-refractivity contribution in [3.8, 4) is 22.8 Å². The van der Waals surface area contributed by atoms with Gasteiger partial charge in [-0.3, -0.25) is 9.36 Å². The van der Waals surface area contributed by atoms with E-state index in [0.717, 1.165) is 17.0 Å². The number of nitrogens with zero attached hydrogens (tertiary/aromatic N) is 4. The van der Waals surface area contributed by atoms with E-state index < -0.39 is 5.97 Å². The predicted molar refractivity (Wildman–Crippen MR) is 133 cm³/mol. The molecule has 1 amide bonds. The molecule has 0 aliphatic heterocycles. The van der Waals surface area contributed by atoms with E-state index in [2.05, 4.69) is 20.7 Å². The van der Waals surface area contributed by atoms with Crippen LogP contribution in [0.5, 0.6) is 5.75 Å². The van der Waals surface area contributed by atoms with Gasteiger partial charge in [0.05, 0.1) is 24.6 Å². The van der Waals surface area contributed by atoms with Crippen molar-refractivity contribution in [1.29, 1.82) is 0 Å². The van der Waals surface area contributed by atoms with Crippen molar-refractivity contribution in [3.05, 3.63) is 90.0 Å². The number of ether oxygens (including phenoxy) is 1. The SMILES string of the molecule is COc1ccc(-n2c(SCC(=O)NN=Cc3ccc(C(=O)O)cc3)nnc2-c2ccccc2)cc1. The summed E-state index contributed by atoms with van der Waals surface area (Å²) in [4.78, 5) is 23.3. The summed E-state index contributed by atoms with van der Waals surface area (Å²) < 4.78 is 7.15. The molecule has 4 rings (SSSR count). The molecule has 0 bridgehead atoms. The minimum atomic E-state index is -1.00. The average molecular weight is 488 g/mol. The Bertz CT molecular complexity index is 1340. The fourth-order valence-electron chi connectivity index (χ4n) is 3.15. The summed E-state index contributed by atoms with van der Waals surface area (Å²) in [6.07, 6.45) is 1.45. The van der Waals surface area contributed by atoms with Crippen LogP contribution in [-0.4, -0.2) is 50.8 Å². The number of hydrogen-bond donors (Lipinski definition) is 2. The van der Waals surface area contributed by atoms with Crippen LogP contribution in [0.2, 0.25) is 0 Å². The number of carboxylic acid groups (broad SMARTS) is 1. The van der Waals surface area contributed by atoms with Crippen molar-refractivity contribution >= 4 is 29.9 Å². The molecule has 0 aliphatic rings. The molecule has 10 heteroatoms. The van der Waals surface area contributed by atoms with E-state index in [9.17, 15) is 9.59 Å². The number of carbonyl (C=O) groups excluding carboxylic acids is 1. The Labute approximate surface area is 205 Å². The normalized spacial score (nSPS) is 10.9. The summed E-state index contributed by atoms with van der Waals surface area (Å²) >= 11 is 1.23. The maximum absolute atomic E-state index is 12.4. The largest absolute Gasteiger partial charge is 0.497 e. The monoisotopic (exact) mass is 487 g/mol. The lowest BCUT2D eigenvalue weighted by molar-refractivity contribution is -0.118. The number of amides is 1. The van der Waals surface area contributed by atoms with Gasteiger partial charge in [0.1, 0.15) is 5.75 Å². The number of carboxylic acids is 1. The van der Waals surface area contributed by atoms with Crippen LogP contribution in [0.1, 0.15) is 15.9 Å². The minimum Gasteiger partial charge on any atom is -0.497 e. The smallest absolute Gasteiger partial charge is 0.335 e. The van der Waals surface area contributed by atoms with Crippen LogP contribution < -0.4 is 10.2 Å². The van der Waals surface area contributed by atoms with E-state index in [0.29, 0.717) is 16.5 Å². The zero-order valence-electron chi connectivity index (χ0n) is 18.7. The highest BCUT2D eigenvalue weighted by Crippen LogP contribution is 2.28. The fraction of sp³-hybridized carbons (Fsp3) is 0.0800. The number of thioether (sulfide) groups is 1. The van der Waals surface area contributed by atoms with Crippen molar-refractivity contribution in [1.82, 2.24) is 20.2 Å². The number of aromatic nitrogens is 3. The molecule has 0 spiro atoms. The standard InChI is InChI=1S/C25H21N5O4S/c1-34-21-13-11-20(12-14-21)30-23(18-5-3-2-4-6-18)28-29-25(30)35-16-22(31)27-26-15-17-7-9-19(10-8-17)24(32)33/h2-15H,16H2,1H3,(H,27,31)(H,32,33). The molecule has 3 aromatic carbocycles. The highest BCUT2D eigenvalue weighted by molar-refractivity contribution is 7.99. The van der Waals surface area contributed by atoms with Crippen molar-refractivity contribution in [2.75, 3.05) is 12.9 Å². The van der Waals surface area contributed by atoms with E-state index in [-0.39, 0.29) is 17.2 Å². The zero-order valence-corrected chi connectivity index (χ0v) is 19.5. The van der Waals surface area contributed by atoms with Crippen molar-refractivity contribution < 1.29 is 19.4 Å². The quantitative estimate of drug-likeness (QED) is 0.209. The Morgan fingerprint density at radius 3 is 2.40 bits per heavy atom. The third-order valence-electron chi connectivity index (χ3n) is 4.89. The van der Waals surface area contributed by atoms with Crippen molar-refractivity contribution in [3.63, 3.8) is 0 Å². The first-order chi connectivity index (χ1) is 17.0. The number of nitrogens with one attached hydrogen (secondary N) is 1. The van der Waals surface area contributed by atoms with E-state index in [1.807, 2.05) is 59.2 Å². The molecule has 0 atom stereocenters. The van der Waals surface area contributed by atoms with Gasteiger partial charge in [0.2, 0.25) is 0 Å². The topological polar surface area (TPSA) is 119 Å². The number of aromatic carboxylic acids is 1. The molecule has 176 valence electrons. The number of hydrogen-bond acceptors (Lipinski definition) is 7. The Morgan fingerprint density at radius 2 is 1.74 bits per heavy atom. The molecular formula is C25H21N5O4S. The lowest BCUT2D eigenvalue weighted by Crippen LogP contribution is -2.20. The molecule has 1 aromatic heterocycles. The molecule has 0 unspecified atom stereocenters. The second kappa shape index (κ2) is 11.1. The van der Waals surface area contributed by atoms with Crippen LogP contribution in [0.25, 0.3) is 17.1 Å². The lowest BCUT2D eigenvalue weighted by Gasteiger charge is -2.11. The van der Waals surface area contributed by atoms with Gasteiger partial charge in [0, 0.05) is 11.3 Å². The van der Waals surface area contributed by atoms with Crippen LogP contribution in [0, 0.1) is 0 Å². The highest BCUT2D eigenvalue weighted by Gasteiger charge is 2.17. The Morgan fingerprint density at radius 1 is 1.03 bits per heavy atom. The third-order valence-corrected chi connectivity index (χ3v) is 5.82. The fourth-order valence-corrected chi connectivity index (χ4v) is 3.90. The maximum atomic E-state index is 12.4. The van der Waals surface area contributed by atoms with Gasteiger partial charge in [-0.25, -0.2) is 10.2 Å². The molecule has 35 heavy (non-hydrogen) atoms. The van der Waals surface area contributed by atoms with E-state index in [1.54, 1.807) is 19.2 Å². The third kappa shape index (κ3) is 5.92. The lowest BCUT2D eigenvalue weighted by atomic mass is 10.1. The van der Waals surface area contributed by atoms with E-state index >= 15 is 0 Å². The van der Waals surface area contributed by atoms with Crippen LogP contribution in [0.3, 0.4) is 0 Å². The van der Waals surface area contributed by atoms with Gasteiger partial charge in [-0.05, 0) is 42.0 Å². The van der Waals surface area contributed by atoms with Gasteiger partial charge < -0.3 is 9.84 Å². The number of hydrazone groups is 1. The summed E-state index contributed by atoms with van der Waals surface area (Å²) in [5.74, 6) is 0.127. The van der Waals surface area contributed by atoms with Crippen LogP contribution in [-0.2, 0) is 4.79 Å². The van der Waals surface area contributed by atoms with Crippen LogP contribution >= 0.6 is 11.8 Å². The minimum absolute atomic E-state index is 0.0678. The predicted octanol–water partition coefficient (Wildman–Crippen LogP) is 3.88. The second-order valence-electron chi connectivity index (χ2n) is 7.21. The van der Waals surface area contributed by atoms with Crippen molar-refractivity contribution in [2.24, 2.45) is 5.10 Å². The molecule has 9 nitrogen and oxygen atoms in total. The zero-order chi connectivity index (χ0) is 24.6.